The lowest BCUT2D eigenvalue weighted by molar-refractivity contribution is -0.136. The molecule has 0 spiro atoms. The first kappa shape index (κ1) is 43.0. The number of nitrogens with one attached hydrogen (secondary N) is 3. The van der Waals surface area contributed by atoms with E-state index in [0.717, 1.165) is 103 Å². The summed E-state index contributed by atoms with van der Waals surface area (Å²) < 4.78 is 5.77. The molecule has 4 fully saturated rings. The summed E-state index contributed by atoms with van der Waals surface area (Å²) in [5, 5.41) is 8.61. The number of hydrogen-bond acceptors (Lipinski definition) is 12. The first-order valence-electron chi connectivity index (χ1n) is 22.6. The SMILES string of the molecule is Cc1cc(-c2ccnc(Nc3ccc(C4CCN(CC5CCN(c6ccc7c(c6)C(=O)N(C6CCC(=O)NC6=O)C7=O)CC5)CC4)nc3)n2)ccc1CNC(=O)N1CC(OC(C)C)C1. The van der Waals surface area contributed by atoms with Crippen LogP contribution in [0.2, 0.25) is 0 Å². The number of hydrogen-bond donors (Lipinski definition) is 3. The summed E-state index contributed by atoms with van der Waals surface area (Å²) in [6.45, 7) is 12.6. The number of aryl methyl sites for hydroxylation is 1. The molecule has 4 saturated heterocycles. The van der Waals surface area contributed by atoms with Crippen LogP contribution in [0.4, 0.5) is 22.1 Å². The molecule has 2 aromatic heterocycles. The molecule has 1 unspecified atom stereocenters. The molecule has 2 aromatic carbocycles. The normalized spacial score (nSPS) is 20.1. The van der Waals surface area contributed by atoms with Gasteiger partial charge in [0.15, 0.2) is 0 Å². The van der Waals surface area contributed by atoms with Crippen LogP contribution in [0.25, 0.3) is 11.3 Å². The highest BCUT2D eigenvalue weighted by molar-refractivity contribution is 6.23. The zero-order valence-corrected chi connectivity index (χ0v) is 36.7. The van der Waals surface area contributed by atoms with Crippen molar-refractivity contribution in [3.05, 3.63) is 94.9 Å². The summed E-state index contributed by atoms with van der Waals surface area (Å²) in [5.74, 6) is -0.470. The number of imide groups is 2. The number of aromatic nitrogens is 3. The molecule has 6 amide bonds. The average Bonchev–Trinajstić information content (AvgIpc) is 3.52. The Kier molecular flexibility index (Phi) is 12.4. The van der Waals surface area contributed by atoms with Crippen LogP contribution in [0.3, 0.4) is 0 Å². The van der Waals surface area contributed by atoms with Gasteiger partial charge in [0.05, 0.1) is 54.0 Å². The van der Waals surface area contributed by atoms with E-state index in [9.17, 15) is 24.0 Å². The average molecular weight is 869 g/mol. The number of nitrogens with zero attached hydrogens (tertiary/aromatic N) is 7. The third kappa shape index (κ3) is 9.34. The van der Waals surface area contributed by atoms with Gasteiger partial charge in [-0.2, -0.15) is 0 Å². The maximum Gasteiger partial charge on any atom is 0.317 e. The third-order valence-electron chi connectivity index (χ3n) is 13.3. The number of urea groups is 1. The van der Waals surface area contributed by atoms with Crippen molar-refractivity contribution in [2.75, 3.05) is 56.0 Å². The second-order valence-electron chi connectivity index (χ2n) is 18.1. The smallest absolute Gasteiger partial charge is 0.317 e. The van der Waals surface area contributed by atoms with Gasteiger partial charge in [0.2, 0.25) is 17.8 Å². The van der Waals surface area contributed by atoms with Crippen LogP contribution in [0.1, 0.15) is 95.8 Å². The first-order valence-corrected chi connectivity index (χ1v) is 22.6. The fourth-order valence-corrected chi connectivity index (χ4v) is 9.65. The van der Waals surface area contributed by atoms with Gasteiger partial charge in [-0.05, 0) is 125 Å². The van der Waals surface area contributed by atoms with Gasteiger partial charge in [0.1, 0.15) is 6.04 Å². The van der Waals surface area contributed by atoms with Gasteiger partial charge in [0, 0.05) is 61.7 Å². The third-order valence-corrected chi connectivity index (χ3v) is 13.3. The highest BCUT2D eigenvalue weighted by Crippen LogP contribution is 2.34. The molecule has 3 N–H and O–H groups in total. The van der Waals surface area contributed by atoms with E-state index in [1.54, 1.807) is 23.2 Å². The fraction of sp³-hybridized carbons (Fsp3) is 0.458. The molecule has 1 atom stereocenters. The molecule has 7 heterocycles. The topological polar surface area (TPSA) is 182 Å². The zero-order valence-electron chi connectivity index (χ0n) is 36.7. The van der Waals surface area contributed by atoms with Crippen molar-refractivity contribution in [3.63, 3.8) is 0 Å². The van der Waals surface area contributed by atoms with Gasteiger partial charge >= 0.3 is 6.03 Å². The minimum atomic E-state index is -0.967. The summed E-state index contributed by atoms with van der Waals surface area (Å²) in [6.07, 6.45) is 8.31. The molecule has 9 rings (SSSR count). The van der Waals surface area contributed by atoms with Gasteiger partial charge in [-0.1, -0.05) is 12.1 Å². The minimum absolute atomic E-state index is 0.0746. The van der Waals surface area contributed by atoms with Crippen molar-refractivity contribution in [1.82, 2.24) is 40.3 Å². The zero-order chi connectivity index (χ0) is 44.5. The first-order chi connectivity index (χ1) is 30.9. The molecular formula is C48H56N10O6. The number of pyridine rings is 1. The Bertz CT molecular complexity index is 2420. The number of carbonyl (C=O) groups excluding carboxylic acids is 5. The Balaban J connectivity index is 0.711. The molecule has 16 heteroatoms. The number of ether oxygens (including phenoxy) is 1. The van der Waals surface area contributed by atoms with Crippen LogP contribution >= 0.6 is 0 Å². The summed E-state index contributed by atoms with van der Waals surface area (Å²) in [5.41, 5.74) is 7.34. The van der Waals surface area contributed by atoms with Crippen LogP contribution in [0, 0.1) is 12.8 Å². The number of fused-ring (bicyclic) bond motifs is 1. The summed E-state index contributed by atoms with van der Waals surface area (Å²) in [4.78, 5) is 85.0. The van der Waals surface area contributed by atoms with E-state index >= 15 is 0 Å². The molecule has 0 aliphatic carbocycles. The standard InChI is InChI=1S/C48H56N10O6/c1-29(2)64-37-27-57(28-37)48(63)51-24-34-5-4-33(22-30(34)3)41-12-17-49-47(53-41)52-35-6-9-40(50-25-35)32-15-18-55(19-16-32)26-31-13-20-56(21-14-31)36-7-8-38-39(23-36)46(62)58(45(38)61)42-10-11-43(59)54-44(42)60/h4-9,12,17,22-23,25,29,31-32,37,42H,10-11,13-16,18-21,24,26-28H2,1-3H3,(H,51,63)(H,49,52,53)(H,54,59,60). The lowest BCUT2D eigenvalue weighted by Crippen LogP contribution is -2.58. The summed E-state index contributed by atoms with van der Waals surface area (Å²) in [7, 11) is 0. The van der Waals surface area contributed by atoms with Crippen molar-refractivity contribution in [2.45, 2.75) is 90.0 Å². The number of benzene rings is 2. The molecule has 0 radical (unpaired) electrons. The number of anilines is 3. The molecule has 0 bridgehead atoms. The number of amides is 6. The molecule has 16 nitrogen and oxygen atoms in total. The Morgan fingerprint density at radius 2 is 1.66 bits per heavy atom. The number of rotatable bonds is 12. The minimum Gasteiger partial charge on any atom is -0.372 e. The molecule has 64 heavy (non-hydrogen) atoms. The lowest BCUT2D eigenvalue weighted by Gasteiger charge is -2.39. The van der Waals surface area contributed by atoms with Gasteiger partial charge in [-0.15, -0.1) is 0 Å². The quantitative estimate of drug-likeness (QED) is 0.154. The van der Waals surface area contributed by atoms with Crippen molar-refractivity contribution < 1.29 is 28.7 Å². The molecule has 0 saturated carbocycles. The van der Waals surface area contributed by atoms with E-state index in [0.29, 0.717) is 48.5 Å². The summed E-state index contributed by atoms with van der Waals surface area (Å²) >= 11 is 0. The highest BCUT2D eigenvalue weighted by Gasteiger charge is 2.45. The molecule has 334 valence electrons. The van der Waals surface area contributed by atoms with E-state index in [4.69, 9.17) is 14.7 Å². The van der Waals surface area contributed by atoms with Crippen LogP contribution in [0.5, 0.6) is 0 Å². The summed E-state index contributed by atoms with van der Waals surface area (Å²) in [6, 6.07) is 16.5. The van der Waals surface area contributed by atoms with E-state index < -0.39 is 23.8 Å². The monoisotopic (exact) mass is 868 g/mol. The van der Waals surface area contributed by atoms with Crippen LogP contribution in [-0.4, -0.2) is 123 Å². The fourth-order valence-electron chi connectivity index (χ4n) is 9.65. The van der Waals surface area contributed by atoms with Crippen LogP contribution < -0.4 is 20.9 Å². The Hall–Kier alpha value is -6.26. The number of carbonyl (C=O) groups is 5. The van der Waals surface area contributed by atoms with Gasteiger partial charge in [-0.25, -0.2) is 14.8 Å². The maximum absolute atomic E-state index is 13.4. The number of piperidine rings is 3. The van der Waals surface area contributed by atoms with E-state index in [1.807, 2.05) is 57.3 Å². The van der Waals surface area contributed by atoms with Gasteiger partial charge in [0.25, 0.3) is 11.8 Å². The molecule has 5 aliphatic rings. The van der Waals surface area contributed by atoms with E-state index in [-0.39, 0.29) is 37.0 Å². The molecule has 4 aromatic rings. The van der Waals surface area contributed by atoms with Crippen molar-refractivity contribution >= 4 is 47.0 Å². The highest BCUT2D eigenvalue weighted by atomic mass is 16.5. The van der Waals surface area contributed by atoms with Gasteiger partial charge in [-0.3, -0.25) is 34.4 Å². The Labute approximate surface area is 373 Å². The van der Waals surface area contributed by atoms with Crippen molar-refractivity contribution in [1.29, 1.82) is 0 Å². The predicted molar refractivity (Wildman–Crippen MR) is 240 cm³/mol. The van der Waals surface area contributed by atoms with Gasteiger partial charge < -0.3 is 30.1 Å². The second kappa shape index (κ2) is 18.5. The van der Waals surface area contributed by atoms with E-state index in [2.05, 4.69) is 42.9 Å². The van der Waals surface area contributed by atoms with Crippen LogP contribution in [0.15, 0.2) is 67.0 Å². The largest absolute Gasteiger partial charge is 0.372 e. The maximum atomic E-state index is 13.4. The lowest BCUT2D eigenvalue weighted by atomic mass is 9.90. The Morgan fingerprint density at radius 3 is 2.38 bits per heavy atom. The molecular weight excluding hydrogens is 813 g/mol. The van der Waals surface area contributed by atoms with Crippen molar-refractivity contribution in [2.24, 2.45) is 5.92 Å². The number of likely N-dealkylation sites (tertiary alicyclic amines) is 2. The molecule has 5 aliphatic heterocycles. The second-order valence-corrected chi connectivity index (χ2v) is 18.1. The van der Waals surface area contributed by atoms with E-state index in [1.165, 1.54) is 0 Å². The van der Waals surface area contributed by atoms with Crippen LogP contribution in [-0.2, 0) is 20.9 Å². The van der Waals surface area contributed by atoms with Crippen molar-refractivity contribution in [3.8, 4) is 11.3 Å². The Morgan fingerprint density at radius 1 is 0.875 bits per heavy atom. The predicted octanol–water partition coefficient (Wildman–Crippen LogP) is 5.41.